The fourth-order valence-electron chi connectivity index (χ4n) is 1.90. The lowest BCUT2D eigenvalue weighted by Crippen LogP contribution is -3.61. The van der Waals surface area contributed by atoms with Crippen LogP contribution in [0.5, 0.6) is 0 Å². The molecule has 0 atom stereocenters. The van der Waals surface area contributed by atoms with Crippen LogP contribution in [0.25, 0.3) is 11.1 Å². The number of benzene rings is 2. The summed E-state index contributed by atoms with van der Waals surface area (Å²) in [6.07, 6.45) is 0. The highest BCUT2D eigenvalue weighted by Gasteiger charge is 2.37. The predicted molar refractivity (Wildman–Crippen MR) is 75.0 cm³/mol. The molecule has 0 aliphatic carbocycles. The van der Waals surface area contributed by atoms with Gasteiger partial charge in [0, 0.05) is 22.8 Å². The van der Waals surface area contributed by atoms with Gasteiger partial charge in [-0.15, -0.1) is 0 Å². The quantitative estimate of drug-likeness (QED) is 0.218. The van der Waals surface area contributed by atoms with E-state index < -0.39 is 15.6 Å². The van der Waals surface area contributed by atoms with E-state index in [1.54, 1.807) is 6.92 Å². The zero-order chi connectivity index (χ0) is 18.1. The molecule has 0 spiro atoms. The molecule has 1 aliphatic rings. The van der Waals surface area contributed by atoms with Gasteiger partial charge in [0.05, 0.1) is 0 Å². The molecule has 0 N–H and O–H groups in total. The average molecular weight is 470 g/mol. The Bertz CT molecular complexity index is 892. The molecule has 0 saturated carbocycles. The van der Waals surface area contributed by atoms with Gasteiger partial charge < -0.3 is 4.55 Å². The van der Waals surface area contributed by atoms with Crippen LogP contribution in [0.15, 0.2) is 42.5 Å². The van der Waals surface area contributed by atoms with E-state index in [1.807, 2.05) is 6.07 Å². The van der Waals surface area contributed by atoms with Crippen molar-refractivity contribution in [1.29, 1.82) is 0 Å². The van der Waals surface area contributed by atoms with Gasteiger partial charge >= 0.3 is 26.7 Å². The first kappa shape index (κ1) is 18.9. The molecule has 128 valence electrons. The number of fused-ring (bicyclic) bond motifs is 3. The molecule has 24 heavy (non-hydrogen) atoms. The van der Waals surface area contributed by atoms with E-state index in [-0.39, 0.29) is 27.0 Å². The molecule has 9 heteroatoms. The highest BCUT2D eigenvalue weighted by molar-refractivity contribution is 7.86. The van der Waals surface area contributed by atoms with Crippen molar-refractivity contribution < 1.29 is 52.1 Å². The van der Waals surface area contributed by atoms with Gasteiger partial charge in [0.2, 0.25) is 7.14 Å². The Morgan fingerprint density at radius 1 is 1.04 bits per heavy atom. The molecule has 4 nitrogen and oxygen atoms in total. The van der Waals surface area contributed by atoms with E-state index in [2.05, 4.69) is 36.4 Å². The number of carbonyl (C=O) groups excluding carboxylic acids is 1. The zero-order valence-electron chi connectivity index (χ0n) is 12.1. The summed E-state index contributed by atoms with van der Waals surface area (Å²) >= 11 is -0.0918. The van der Waals surface area contributed by atoms with Crippen molar-refractivity contribution in [3.05, 3.63) is 55.2 Å². The molecule has 0 radical (unpaired) electrons. The van der Waals surface area contributed by atoms with Crippen LogP contribution in [0.1, 0.15) is 17.3 Å². The molecule has 2 aromatic rings. The Morgan fingerprint density at radius 2 is 1.58 bits per heavy atom. The Hall–Kier alpha value is -1.46. The van der Waals surface area contributed by atoms with Crippen LogP contribution in [-0.2, 0) is 10.1 Å². The third-order valence-corrected chi connectivity index (χ3v) is 6.59. The van der Waals surface area contributed by atoms with Crippen LogP contribution in [0.4, 0.5) is 13.2 Å². The standard InChI is InChI=1S/C14H10IO.CHF3O3S/c1-9(16)10-6-7-12-11-4-2-3-5-13(11)15-14(12)8-10;2-1(3,4)8(5,6)7/h2-8H,1H3;(H,5,6,7)/q+1;/p-1. The maximum Gasteiger partial charge on any atom is 0.485 e. The second-order valence-corrected chi connectivity index (χ2v) is 8.96. The summed E-state index contributed by atoms with van der Waals surface area (Å²) in [5.74, 6) is 0.155. The molecule has 3 rings (SSSR count). The summed E-state index contributed by atoms with van der Waals surface area (Å²) < 4.78 is 61.8. The van der Waals surface area contributed by atoms with E-state index in [0.717, 1.165) is 5.56 Å². The molecule has 0 aromatic heterocycles. The second kappa shape index (κ2) is 6.81. The van der Waals surface area contributed by atoms with E-state index in [0.29, 0.717) is 0 Å². The van der Waals surface area contributed by atoms with Crippen molar-refractivity contribution in [1.82, 2.24) is 0 Å². The smallest absolute Gasteiger partial charge is 0.485 e. The van der Waals surface area contributed by atoms with Gasteiger partial charge in [-0.25, -0.2) is 8.42 Å². The van der Waals surface area contributed by atoms with Crippen LogP contribution in [0.3, 0.4) is 0 Å². The summed E-state index contributed by atoms with van der Waals surface area (Å²) in [4.78, 5) is 11.3. The van der Waals surface area contributed by atoms with Gasteiger partial charge in [-0.3, -0.25) is 4.79 Å². The minimum Gasteiger partial charge on any atom is -0.741 e. The number of alkyl halides is 3. The van der Waals surface area contributed by atoms with Gasteiger partial charge in [-0.2, -0.15) is 13.2 Å². The molecule has 1 aliphatic heterocycles. The lowest BCUT2D eigenvalue weighted by atomic mass is 10.0. The van der Waals surface area contributed by atoms with Crippen molar-refractivity contribution in [3.8, 4) is 11.1 Å². The first-order valence-corrected chi connectivity index (χ1v) is 9.98. The van der Waals surface area contributed by atoms with Crippen LogP contribution in [-0.4, -0.2) is 24.3 Å². The molecular weight excluding hydrogens is 460 g/mol. The molecule has 0 amide bonds. The lowest BCUT2D eigenvalue weighted by Gasteiger charge is -2.08. The Balaban J connectivity index is 0.000000224. The molecule has 2 aromatic carbocycles. The van der Waals surface area contributed by atoms with Crippen LogP contribution < -0.4 is 21.2 Å². The van der Waals surface area contributed by atoms with Gasteiger partial charge in [-0.05, 0) is 25.1 Å². The lowest BCUT2D eigenvalue weighted by molar-refractivity contribution is -0.589. The van der Waals surface area contributed by atoms with Crippen molar-refractivity contribution in [2.24, 2.45) is 0 Å². The fraction of sp³-hybridized carbons (Fsp3) is 0.133. The van der Waals surface area contributed by atoms with Gasteiger partial charge in [-0.1, -0.05) is 18.2 Å². The predicted octanol–water partition coefficient (Wildman–Crippen LogP) is 0.0494. The van der Waals surface area contributed by atoms with Gasteiger partial charge in [0.25, 0.3) is 0 Å². The summed E-state index contributed by atoms with van der Waals surface area (Å²) in [6, 6.07) is 14.7. The monoisotopic (exact) mass is 470 g/mol. The van der Waals surface area contributed by atoms with Crippen molar-refractivity contribution in [3.63, 3.8) is 0 Å². The van der Waals surface area contributed by atoms with Crippen molar-refractivity contribution in [2.75, 3.05) is 0 Å². The number of hydrogen-bond acceptors (Lipinski definition) is 4. The highest BCUT2D eigenvalue weighted by atomic mass is 127. The summed E-state index contributed by atoms with van der Waals surface area (Å²) in [5, 5.41) is 0. The summed E-state index contributed by atoms with van der Waals surface area (Å²) in [6.45, 7) is 1.63. The molecule has 1 heterocycles. The Morgan fingerprint density at radius 3 is 2.12 bits per heavy atom. The topological polar surface area (TPSA) is 74.3 Å². The minimum absolute atomic E-state index is 0.0918. The second-order valence-electron chi connectivity index (χ2n) is 4.73. The number of halogens is 4. The number of hydrogen-bond donors (Lipinski definition) is 0. The molecule has 0 unspecified atom stereocenters. The average Bonchev–Trinajstić information content (AvgIpc) is 2.83. The Kier molecular flexibility index (Phi) is 5.35. The largest absolute Gasteiger partial charge is 0.741 e. The van der Waals surface area contributed by atoms with E-state index in [9.17, 15) is 18.0 Å². The summed E-state index contributed by atoms with van der Waals surface area (Å²) in [7, 11) is -6.09. The molecule has 0 bridgehead atoms. The SMILES string of the molecule is CC(=O)c1ccc2c(c1)[I+]c1ccccc1-2.O=S(=O)([O-])C(F)(F)F. The minimum atomic E-state index is -6.09. The molecule has 0 saturated heterocycles. The molecular formula is C15H10F3IO4S. The number of carbonyl (C=O) groups is 1. The maximum atomic E-state index is 11.3. The molecule has 0 fully saturated rings. The first-order chi connectivity index (χ1) is 11.0. The van der Waals surface area contributed by atoms with Gasteiger partial charge in [0.1, 0.15) is 0 Å². The van der Waals surface area contributed by atoms with Crippen LogP contribution in [0, 0.1) is 7.14 Å². The normalized spacial score (nSPS) is 12.7. The van der Waals surface area contributed by atoms with E-state index in [4.69, 9.17) is 13.0 Å². The fourth-order valence-corrected chi connectivity index (χ4v) is 4.93. The first-order valence-electron chi connectivity index (χ1n) is 6.42. The van der Waals surface area contributed by atoms with Gasteiger partial charge in [0.15, 0.2) is 15.9 Å². The maximum absolute atomic E-state index is 11.3. The third-order valence-electron chi connectivity index (χ3n) is 3.03. The Labute approximate surface area is 146 Å². The summed E-state index contributed by atoms with van der Waals surface area (Å²) in [5.41, 5.74) is -2.12. The third kappa shape index (κ3) is 4.14. The zero-order valence-corrected chi connectivity index (χ0v) is 15.1. The number of Topliss-reactive ketones (excluding diaryl/α,β-unsaturated/α-hetero) is 1. The van der Waals surface area contributed by atoms with Crippen LogP contribution >= 0.6 is 0 Å². The highest BCUT2D eigenvalue weighted by Crippen LogP contribution is 2.23. The number of ketones is 1. The van der Waals surface area contributed by atoms with Crippen LogP contribution in [0.2, 0.25) is 0 Å². The van der Waals surface area contributed by atoms with Crippen molar-refractivity contribution in [2.45, 2.75) is 12.4 Å². The van der Waals surface area contributed by atoms with E-state index in [1.165, 1.54) is 18.3 Å². The van der Waals surface area contributed by atoms with Crippen molar-refractivity contribution >= 4 is 15.9 Å². The number of rotatable bonds is 1. The van der Waals surface area contributed by atoms with E-state index >= 15 is 0 Å².